The van der Waals surface area contributed by atoms with Gasteiger partial charge in [0.15, 0.2) is 23.0 Å². The fourth-order valence-corrected chi connectivity index (χ4v) is 5.86. The molecule has 0 atom stereocenters. The van der Waals surface area contributed by atoms with Crippen molar-refractivity contribution in [2.45, 2.75) is 40.2 Å². The predicted molar refractivity (Wildman–Crippen MR) is 215 cm³/mol. The molecule has 16 heteroatoms. The van der Waals surface area contributed by atoms with Crippen LogP contribution >= 0.6 is 0 Å². The largest absolute Gasteiger partial charge is 0.490 e. The molecular weight excluding hydrogens is 788 g/mol. The van der Waals surface area contributed by atoms with Crippen molar-refractivity contribution >= 4 is 34.7 Å². The molecule has 312 valence electrons. The maximum absolute atomic E-state index is 12.7. The lowest BCUT2D eigenvalue weighted by Crippen LogP contribution is -2.17. The zero-order chi connectivity index (χ0) is 43.0. The minimum Gasteiger partial charge on any atom is -0.490 e. The van der Waals surface area contributed by atoms with Gasteiger partial charge in [0, 0.05) is 72.8 Å². The van der Waals surface area contributed by atoms with Crippen molar-refractivity contribution in [2.75, 3.05) is 23.0 Å². The Morgan fingerprint density at radius 1 is 0.550 bits per heavy atom. The normalized spacial score (nSPS) is 10.7. The van der Waals surface area contributed by atoms with Crippen LogP contribution in [0.5, 0.6) is 23.0 Å². The number of carboxylic acids is 2. The minimum atomic E-state index is -2.98. The van der Waals surface area contributed by atoms with Gasteiger partial charge in [0.1, 0.15) is 0 Å². The summed E-state index contributed by atoms with van der Waals surface area (Å²) in [6.45, 7) is -1.13. The summed E-state index contributed by atoms with van der Waals surface area (Å²) in [5.74, 6) is -1.84. The van der Waals surface area contributed by atoms with Crippen molar-refractivity contribution in [1.82, 2.24) is 9.97 Å². The molecule has 0 saturated carbocycles. The zero-order valence-corrected chi connectivity index (χ0v) is 32.3. The average Bonchev–Trinajstić information content (AvgIpc) is 3.24. The standard InChI is InChI=1S/2C22H20F2N2O4/c1-2-29-20-12-18(8-9-19(20)30-22(23)24)26(14-15-5-4-10-25-13-15)17-7-3-6-16(11-17)21(27)28;1-2-29-20-12-18(9-10-19(20)30-22(23)24)26(14-15-4-3-11-25-13-15)17-7-5-16(6-8-17)21(27)28/h2*3-13,22H,2,14H2,1H3,(H,27,28). The summed E-state index contributed by atoms with van der Waals surface area (Å²) >= 11 is 0. The first-order valence-corrected chi connectivity index (χ1v) is 18.4. The number of alkyl halides is 4. The van der Waals surface area contributed by atoms with E-state index in [0.717, 1.165) is 11.1 Å². The van der Waals surface area contributed by atoms with Gasteiger partial charge in [-0.2, -0.15) is 17.6 Å². The van der Waals surface area contributed by atoms with Gasteiger partial charge >= 0.3 is 25.2 Å². The first-order valence-electron chi connectivity index (χ1n) is 18.4. The molecule has 0 fully saturated rings. The van der Waals surface area contributed by atoms with Crippen LogP contribution in [-0.4, -0.2) is 58.6 Å². The number of ether oxygens (including phenoxy) is 4. The van der Waals surface area contributed by atoms with Gasteiger partial charge in [-0.15, -0.1) is 0 Å². The van der Waals surface area contributed by atoms with Gasteiger partial charge in [0.05, 0.1) is 24.3 Å². The quantitative estimate of drug-likeness (QED) is 0.0796. The first kappa shape index (κ1) is 43.8. The number of nitrogens with zero attached hydrogens (tertiary/aromatic N) is 4. The number of hydrogen-bond acceptors (Lipinski definition) is 10. The molecule has 2 N–H and O–H groups in total. The molecule has 0 saturated heterocycles. The Hall–Kier alpha value is -7.36. The molecule has 2 heterocycles. The van der Waals surface area contributed by atoms with E-state index in [1.807, 2.05) is 28.0 Å². The Kier molecular flexibility index (Phi) is 15.6. The molecule has 4 aromatic carbocycles. The number of aromatic nitrogens is 2. The lowest BCUT2D eigenvalue weighted by atomic mass is 10.1. The number of aromatic carboxylic acids is 2. The van der Waals surface area contributed by atoms with Gasteiger partial charge in [0.25, 0.3) is 0 Å². The molecule has 0 unspecified atom stereocenters. The van der Waals surface area contributed by atoms with Crippen LogP contribution in [-0.2, 0) is 13.1 Å². The highest BCUT2D eigenvalue weighted by Crippen LogP contribution is 2.38. The van der Waals surface area contributed by atoms with E-state index < -0.39 is 25.2 Å². The van der Waals surface area contributed by atoms with E-state index in [4.69, 9.17) is 14.6 Å². The fourth-order valence-electron chi connectivity index (χ4n) is 5.86. The summed E-state index contributed by atoms with van der Waals surface area (Å²) in [6, 6.07) is 29.5. The summed E-state index contributed by atoms with van der Waals surface area (Å²) in [4.78, 5) is 34.6. The van der Waals surface area contributed by atoms with E-state index >= 15 is 0 Å². The van der Waals surface area contributed by atoms with Crippen LogP contribution in [0.25, 0.3) is 0 Å². The summed E-state index contributed by atoms with van der Waals surface area (Å²) in [7, 11) is 0. The van der Waals surface area contributed by atoms with Crippen LogP contribution in [0.1, 0.15) is 45.7 Å². The van der Waals surface area contributed by atoms with E-state index in [1.54, 1.807) is 99.3 Å². The van der Waals surface area contributed by atoms with Crippen LogP contribution in [0.15, 0.2) is 134 Å². The van der Waals surface area contributed by atoms with E-state index in [0.29, 0.717) is 35.8 Å². The van der Waals surface area contributed by atoms with Crippen LogP contribution in [0.2, 0.25) is 0 Å². The van der Waals surface area contributed by atoms with Crippen molar-refractivity contribution in [3.8, 4) is 23.0 Å². The van der Waals surface area contributed by atoms with Crippen molar-refractivity contribution in [3.63, 3.8) is 0 Å². The van der Waals surface area contributed by atoms with Crippen LogP contribution in [0.3, 0.4) is 0 Å². The maximum Gasteiger partial charge on any atom is 0.387 e. The number of carbonyl (C=O) groups is 2. The molecule has 0 aliphatic heterocycles. The predicted octanol–water partition coefficient (Wildman–Crippen LogP) is 10.2. The third kappa shape index (κ3) is 12.3. The molecule has 0 aliphatic rings. The Morgan fingerprint density at radius 3 is 1.42 bits per heavy atom. The lowest BCUT2D eigenvalue weighted by molar-refractivity contribution is -0.0520. The van der Waals surface area contributed by atoms with Crippen molar-refractivity contribution in [1.29, 1.82) is 0 Å². The number of halogens is 4. The van der Waals surface area contributed by atoms with E-state index in [-0.39, 0.29) is 47.3 Å². The summed E-state index contributed by atoms with van der Waals surface area (Å²) in [5.41, 5.74) is 4.69. The highest BCUT2D eigenvalue weighted by Gasteiger charge is 2.19. The molecule has 6 rings (SSSR count). The van der Waals surface area contributed by atoms with Gasteiger partial charge < -0.3 is 39.0 Å². The van der Waals surface area contributed by atoms with Crippen molar-refractivity contribution in [2.24, 2.45) is 0 Å². The summed E-state index contributed by atoms with van der Waals surface area (Å²) < 4.78 is 70.9. The van der Waals surface area contributed by atoms with E-state index in [1.165, 1.54) is 30.3 Å². The smallest absolute Gasteiger partial charge is 0.387 e. The summed E-state index contributed by atoms with van der Waals surface area (Å²) in [6.07, 6.45) is 6.74. The van der Waals surface area contributed by atoms with Gasteiger partial charge in [-0.25, -0.2) is 9.59 Å². The minimum absolute atomic E-state index is 0.0573. The number of pyridine rings is 2. The number of hydrogen-bond donors (Lipinski definition) is 2. The zero-order valence-electron chi connectivity index (χ0n) is 32.3. The highest BCUT2D eigenvalue weighted by molar-refractivity contribution is 5.89. The van der Waals surface area contributed by atoms with Crippen LogP contribution in [0, 0.1) is 0 Å². The van der Waals surface area contributed by atoms with Crippen molar-refractivity contribution in [3.05, 3.63) is 156 Å². The second-order valence-electron chi connectivity index (χ2n) is 12.5. The molecule has 60 heavy (non-hydrogen) atoms. The Morgan fingerprint density at radius 2 is 1.00 bits per heavy atom. The van der Waals surface area contributed by atoms with Crippen LogP contribution < -0.4 is 28.7 Å². The molecule has 0 spiro atoms. The molecule has 12 nitrogen and oxygen atoms in total. The monoisotopic (exact) mass is 828 g/mol. The van der Waals surface area contributed by atoms with Crippen LogP contribution in [0.4, 0.5) is 40.3 Å². The molecule has 0 amide bonds. The first-order chi connectivity index (χ1) is 28.9. The Labute approximate surface area is 342 Å². The topological polar surface area (TPSA) is 144 Å². The second kappa shape index (κ2) is 21.4. The number of carboxylic acid groups (broad SMARTS) is 2. The van der Waals surface area contributed by atoms with Gasteiger partial charge in [-0.1, -0.05) is 18.2 Å². The SMILES string of the molecule is CCOc1cc(N(Cc2cccnc2)c2ccc(C(=O)O)cc2)ccc1OC(F)F.CCOc1cc(N(Cc2cccnc2)c2cccc(C(=O)O)c2)ccc1OC(F)F. The second-order valence-corrected chi connectivity index (χ2v) is 12.5. The van der Waals surface area contributed by atoms with Crippen molar-refractivity contribution < 1.29 is 56.3 Å². The van der Waals surface area contributed by atoms with E-state index in [2.05, 4.69) is 19.4 Å². The van der Waals surface area contributed by atoms with E-state index in [9.17, 15) is 32.3 Å². The molecule has 0 radical (unpaired) electrons. The highest BCUT2D eigenvalue weighted by atomic mass is 19.3. The average molecular weight is 829 g/mol. The fraction of sp³-hybridized carbons (Fsp3) is 0.182. The third-order valence-corrected chi connectivity index (χ3v) is 8.47. The molecule has 0 aliphatic carbocycles. The molecular formula is C44H40F4N4O8. The molecule has 6 aromatic rings. The Bertz CT molecular complexity index is 2310. The van der Waals surface area contributed by atoms with Gasteiger partial charge in [-0.3, -0.25) is 9.97 Å². The molecule has 2 aromatic heterocycles. The number of rotatable bonds is 18. The molecule has 0 bridgehead atoms. The maximum atomic E-state index is 12.7. The number of anilines is 4. The lowest BCUT2D eigenvalue weighted by Gasteiger charge is -2.26. The van der Waals surface area contributed by atoms with Gasteiger partial charge in [0.2, 0.25) is 0 Å². The number of benzene rings is 4. The van der Waals surface area contributed by atoms with Gasteiger partial charge in [-0.05, 0) is 104 Å². The third-order valence-electron chi connectivity index (χ3n) is 8.47. The Balaban J connectivity index is 0.000000228. The summed E-state index contributed by atoms with van der Waals surface area (Å²) in [5, 5.41) is 18.5.